The first-order chi connectivity index (χ1) is 6.63. The lowest BCUT2D eigenvalue weighted by Crippen LogP contribution is -2.41. The second kappa shape index (κ2) is 4.95. The lowest BCUT2D eigenvalue weighted by molar-refractivity contribution is -0.117. The van der Waals surface area contributed by atoms with E-state index >= 15 is 0 Å². The number of nitrogens with one attached hydrogen (secondary N) is 1. The van der Waals surface area contributed by atoms with E-state index in [2.05, 4.69) is 5.32 Å². The van der Waals surface area contributed by atoms with E-state index in [1.807, 2.05) is 0 Å². The highest BCUT2D eigenvalue weighted by atomic mass is 35.5. The Bertz CT molecular complexity index is 330. The van der Waals surface area contributed by atoms with Crippen LogP contribution in [0.15, 0.2) is 24.3 Å². The molecule has 1 rings (SSSR count). The SMILES string of the molecule is NCC(N)C(=O)Nc1cccc(Cl)c1. The summed E-state index contributed by atoms with van der Waals surface area (Å²) in [4.78, 5) is 11.3. The summed E-state index contributed by atoms with van der Waals surface area (Å²) in [5, 5.41) is 3.16. The van der Waals surface area contributed by atoms with Crippen LogP contribution < -0.4 is 16.8 Å². The van der Waals surface area contributed by atoms with E-state index in [4.69, 9.17) is 23.1 Å². The van der Waals surface area contributed by atoms with Crippen molar-refractivity contribution in [3.63, 3.8) is 0 Å². The summed E-state index contributed by atoms with van der Waals surface area (Å²) in [6.45, 7) is 0.117. The van der Waals surface area contributed by atoms with Gasteiger partial charge in [-0.2, -0.15) is 0 Å². The quantitative estimate of drug-likeness (QED) is 0.687. The van der Waals surface area contributed by atoms with E-state index < -0.39 is 6.04 Å². The Morgan fingerprint density at radius 2 is 2.29 bits per heavy atom. The van der Waals surface area contributed by atoms with Gasteiger partial charge in [-0.1, -0.05) is 17.7 Å². The van der Waals surface area contributed by atoms with Gasteiger partial charge in [0.05, 0.1) is 6.04 Å². The molecule has 4 nitrogen and oxygen atoms in total. The van der Waals surface area contributed by atoms with Crippen LogP contribution in [-0.4, -0.2) is 18.5 Å². The minimum absolute atomic E-state index is 0.117. The van der Waals surface area contributed by atoms with Crippen LogP contribution >= 0.6 is 11.6 Å². The molecule has 76 valence electrons. The maximum absolute atomic E-state index is 11.3. The molecule has 0 aliphatic carbocycles. The van der Waals surface area contributed by atoms with Crippen molar-refractivity contribution < 1.29 is 4.79 Å². The topological polar surface area (TPSA) is 81.1 Å². The van der Waals surface area contributed by atoms with Gasteiger partial charge in [-0.25, -0.2) is 0 Å². The molecule has 0 bridgehead atoms. The van der Waals surface area contributed by atoms with Crippen LogP contribution in [0.2, 0.25) is 5.02 Å². The van der Waals surface area contributed by atoms with Crippen molar-refractivity contribution in [1.29, 1.82) is 0 Å². The third kappa shape index (κ3) is 2.99. The molecule has 5 N–H and O–H groups in total. The third-order valence-corrected chi connectivity index (χ3v) is 1.92. The highest BCUT2D eigenvalue weighted by Crippen LogP contribution is 2.14. The zero-order valence-corrected chi connectivity index (χ0v) is 8.29. The van der Waals surface area contributed by atoms with Crippen LogP contribution in [-0.2, 0) is 4.79 Å². The summed E-state index contributed by atoms with van der Waals surface area (Å²) in [5.41, 5.74) is 11.3. The minimum Gasteiger partial charge on any atom is -0.328 e. The summed E-state index contributed by atoms with van der Waals surface area (Å²) in [6.07, 6.45) is 0. The first kappa shape index (κ1) is 11.0. The number of benzene rings is 1. The number of amides is 1. The maximum Gasteiger partial charge on any atom is 0.242 e. The monoisotopic (exact) mass is 213 g/mol. The molecule has 0 aliphatic heterocycles. The lowest BCUT2D eigenvalue weighted by Gasteiger charge is -2.09. The zero-order valence-electron chi connectivity index (χ0n) is 7.53. The number of rotatable bonds is 3. The van der Waals surface area contributed by atoms with Crippen molar-refractivity contribution in [2.24, 2.45) is 11.5 Å². The van der Waals surface area contributed by atoms with Gasteiger partial charge in [0.1, 0.15) is 0 Å². The van der Waals surface area contributed by atoms with Crippen molar-refractivity contribution in [2.75, 3.05) is 11.9 Å². The van der Waals surface area contributed by atoms with Crippen molar-refractivity contribution >= 4 is 23.2 Å². The fourth-order valence-corrected chi connectivity index (χ4v) is 1.10. The van der Waals surface area contributed by atoms with E-state index in [0.717, 1.165) is 0 Å². The molecule has 0 saturated carbocycles. The largest absolute Gasteiger partial charge is 0.328 e. The van der Waals surface area contributed by atoms with Crippen LogP contribution in [0.3, 0.4) is 0 Å². The van der Waals surface area contributed by atoms with Gasteiger partial charge in [-0.05, 0) is 18.2 Å². The molecule has 0 spiro atoms. The van der Waals surface area contributed by atoms with Gasteiger partial charge in [0, 0.05) is 17.3 Å². The van der Waals surface area contributed by atoms with Crippen LogP contribution in [0.5, 0.6) is 0 Å². The van der Waals surface area contributed by atoms with Crippen LogP contribution in [0.1, 0.15) is 0 Å². The van der Waals surface area contributed by atoms with Gasteiger partial charge < -0.3 is 16.8 Å². The van der Waals surface area contributed by atoms with Crippen molar-refractivity contribution in [1.82, 2.24) is 0 Å². The highest BCUT2D eigenvalue weighted by molar-refractivity contribution is 6.30. The van der Waals surface area contributed by atoms with Gasteiger partial charge in [-0.15, -0.1) is 0 Å². The number of hydrogen-bond donors (Lipinski definition) is 3. The Morgan fingerprint density at radius 1 is 1.57 bits per heavy atom. The molecule has 0 saturated heterocycles. The Hall–Kier alpha value is -1.10. The molecule has 0 heterocycles. The standard InChI is InChI=1S/C9H12ClN3O/c10-6-2-1-3-7(4-6)13-9(14)8(12)5-11/h1-4,8H,5,11-12H2,(H,13,14). The molecule has 5 heteroatoms. The van der Waals surface area contributed by atoms with Crippen molar-refractivity contribution in [3.05, 3.63) is 29.3 Å². The summed E-state index contributed by atoms with van der Waals surface area (Å²) in [7, 11) is 0. The molecular weight excluding hydrogens is 202 g/mol. The Morgan fingerprint density at radius 3 is 2.86 bits per heavy atom. The molecule has 1 amide bonds. The second-order valence-electron chi connectivity index (χ2n) is 2.84. The van der Waals surface area contributed by atoms with Crippen LogP contribution in [0, 0.1) is 0 Å². The molecule has 14 heavy (non-hydrogen) atoms. The molecular formula is C9H12ClN3O. The fourth-order valence-electron chi connectivity index (χ4n) is 0.908. The maximum atomic E-state index is 11.3. The minimum atomic E-state index is -0.686. The fraction of sp³-hybridized carbons (Fsp3) is 0.222. The Kier molecular flexibility index (Phi) is 3.88. The molecule has 0 fully saturated rings. The van der Waals surface area contributed by atoms with E-state index in [9.17, 15) is 4.79 Å². The van der Waals surface area contributed by atoms with Gasteiger partial charge in [0.2, 0.25) is 5.91 Å². The Labute approximate surface area is 87.2 Å². The van der Waals surface area contributed by atoms with Gasteiger partial charge >= 0.3 is 0 Å². The Balaban J connectivity index is 2.65. The highest BCUT2D eigenvalue weighted by Gasteiger charge is 2.10. The average Bonchev–Trinajstić information content (AvgIpc) is 2.16. The number of hydrogen-bond acceptors (Lipinski definition) is 3. The molecule has 0 aromatic heterocycles. The average molecular weight is 214 g/mol. The molecule has 1 unspecified atom stereocenters. The number of carbonyl (C=O) groups is 1. The first-order valence-electron chi connectivity index (χ1n) is 4.15. The molecule has 1 aromatic carbocycles. The summed E-state index contributed by atoms with van der Waals surface area (Å²) >= 11 is 5.73. The smallest absolute Gasteiger partial charge is 0.242 e. The normalized spacial score (nSPS) is 12.2. The van der Waals surface area contributed by atoms with E-state index in [1.165, 1.54) is 0 Å². The van der Waals surface area contributed by atoms with Crippen molar-refractivity contribution in [3.8, 4) is 0 Å². The number of nitrogens with two attached hydrogens (primary N) is 2. The van der Waals surface area contributed by atoms with E-state index in [1.54, 1.807) is 24.3 Å². The van der Waals surface area contributed by atoms with Gasteiger partial charge in [0.25, 0.3) is 0 Å². The van der Waals surface area contributed by atoms with Crippen molar-refractivity contribution in [2.45, 2.75) is 6.04 Å². The third-order valence-electron chi connectivity index (χ3n) is 1.68. The van der Waals surface area contributed by atoms with Crippen LogP contribution in [0.25, 0.3) is 0 Å². The van der Waals surface area contributed by atoms with E-state index in [0.29, 0.717) is 10.7 Å². The van der Waals surface area contributed by atoms with Crippen LogP contribution in [0.4, 0.5) is 5.69 Å². The molecule has 1 aromatic rings. The summed E-state index contributed by atoms with van der Waals surface area (Å²) in [5.74, 6) is -0.310. The molecule has 1 atom stereocenters. The second-order valence-corrected chi connectivity index (χ2v) is 3.28. The zero-order chi connectivity index (χ0) is 10.6. The molecule has 0 radical (unpaired) electrons. The number of anilines is 1. The predicted molar refractivity (Wildman–Crippen MR) is 57.1 cm³/mol. The lowest BCUT2D eigenvalue weighted by atomic mass is 10.2. The summed E-state index contributed by atoms with van der Waals surface area (Å²) in [6, 6.07) is 6.15. The van der Waals surface area contributed by atoms with Gasteiger partial charge in [0.15, 0.2) is 0 Å². The number of halogens is 1. The summed E-state index contributed by atoms with van der Waals surface area (Å²) < 4.78 is 0. The number of carbonyl (C=O) groups excluding carboxylic acids is 1. The predicted octanol–water partition coefficient (Wildman–Crippen LogP) is 0.565. The first-order valence-corrected chi connectivity index (χ1v) is 4.53. The van der Waals surface area contributed by atoms with Gasteiger partial charge in [-0.3, -0.25) is 4.79 Å². The molecule has 0 aliphatic rings. The van der Waals surface area contributed by atoms with E-state index in [-0.39, 0.29) is 12.5 Å².